The summed E-state index contributed by atoms with van der Waals surface area (Å²) >= 11 is 0. The molecule has 0 radical (unpaired) electrons. The van der Waals surface area contributed by atoms with Crippen LogP contribution in [0, 0.1) is 0 Å². The van der Waals surface area contributed by atoms with Crippen LogP contribution in [0.4, 0.5) is 17.1 Å². The molecule has 0 bridgehead atoms. The molecule has 0 saturated heterocycles. The Labute approximate surface area is 277 Å². The molecular weight excluding hydrogens is 571 g/mol. The summed E-state index contributed by atoms with van der Waals surface area (Å²) in [5, 5.41) is 0. The van der Waals surface area contributed by atoms with E-state index in [9.17, 15) is 0 Å². The van der Waals surface area contributed by atoms with Gasteiger partial charge in [-0.1, -0.05) is 110 Å². The Kier molecular flexibility index (Phi) is 8.96. The number of aromatic nitrogens is 2. The normalized spacial score (nSPS) is 10.9. The predicted octanol–water partition coefficient (Wildman–Crippen LogP) is 12.0. The summed E-state index contributed by atoms with van der Waals surface area (Å²) in [6.07, 6.45) is 7.20. The highest BCUT2D eigenvalue weighted by molar-refractivity contribution is 5.86. The van der Waals surface area contributed by atoms with Crippen LogP contribution in [0.15, 0.2) is 170 Å². The molecule has 47 heavy (non-hydrogen) atoms. The standard InChI is InChI=1S/C44H37N3/c1-2-3-12-33-19-25-36(26-20-33)47(37-27-21-34(22-28-37)39-13-4-6-15-41(39)43-17-8-10-31-45-43)38-29-23-35(24-30-38)40-14-5-7-16-42(40)44-18-9-11-32-46-44/h4-11,13-32H,2-3,12H2,1H3. The SMILES string of the molecule is CCCCc1ccc(N(c2ccc(-c3ccccc3-c3ccccn3)cc2)c2ccc(-c3ccccc3-c3ccccn3)cc2)cc1. The van der Waals surface area contributed by atoms with Crippen molar-refractivity contribution >= 4 is 17.1 Å². The second-order valence-corrected chi connectivity index (χ2v) is 11.7. The molecule has 7 aromatic rings. The second-order valence-electron chi connectivity index (χ2n) is 11.7. The number of hydrogen-bond acceptors (Lipinski definition) is 3. The maximum atomic E-state index is 4.63. The number of rotatable bonds is 10. The van der Waals surface area contributed by atoms with Crippen molar-refractivity contribution in [2.24, 2.45) is 0 Å². The average Bonchev–Trinajstić information content (AvgIpc) is 3.16. The van der Waals surface area contributed by atoms with Gasteiger partial charge in [0.25, 0.3) is 0 Å². The lowest BCUT2D eigenvalue weighted by atomic mass is 9.96. The summed E-state index contributed by atoms with van der Waals surface area (Å²) in [5.74, 6) is 0. The summed E-state index contributed by atoms with van der Waals surface area (Å²) in [4.78, 5) is 11.6. The van der Waals surface area contributed by atoms with Crippen LogP contribution in [0.25, 0.3) is 44.8 Å². The van der Waals surface area contributed by atoms with E-state index in [0.29, 0.717) is 0 Å². The van der Waals surface area contributed by atoms with Gasteiger partial charge in [-0.25, -0.2) is 0 Å². The smallest absolute Gasteiger partial charge is 0.0708 e. The van der Waals surface area contributed by atoms with Crippen LogP contribution < -0.4 is 4.90 Å². The first-order valence-corrected chi connectivity index (χ1v) is 16.4. The third-order valence-corrected chi connectivity index (χ3v) is 8.62. The first-order valence-electron chi connectivity index (χ1n) is 16.4. The molecule has 228 valence electrons. The Morgan fingerprint density at radius 2 is 0.830 bits per heavy atom. The van der Waals surface area contributed by atoms with E-state index < -0.39 is 0 Å². The van der Waals surface area contributed by atoms with Crippen molar-refractivity contribution in [1.82, 2.24) is 9.97 Å². The molecule has 0 aliphatic rings. The molecule has 3 nitrogen and oxygen atoms in total. The highest BCUT2D eigenvalue weighted by Crippen LogP contribution is 2.39. The van der Waals surface area contributed by atoms with Gasteiger partial charge >= 0.3 is 0 Å². The van der Waals surface area contributed by atoms with Gasteiger partial charge in [-0.2, -0.15) is 0 Å². The van der Waals surface area contributed by atoms with Gasteiger partial charge in [0.15, 0.2) is 0 Å². The van der Waals surface area contributed by atoms with Crippen molar-refractivity contribution in [3.8, 4) is 44.8 Å². The van der Waals surface area contributed by atoms with E-state index in [-0.39, 0.29) is 0 Å². The molecule has 0 unspecified atom stereocenters. The van der Waals surface area contributed by atoms with E-state index in [2.05, 4.69) is 155 Å². The van der Waals surface area contributed by atoms with E-state index in [1.807, 2.05) is 36.7 Å². The zero-order valence-corrected chi connectivity index (χ0v) is 26.6. The molecule has 0 amide bonds. The molecule has 0 atom stereocenters. The number of unbranched alkanes of at least 4 members (excludes halogenated alkanes) is 1. The quantitative estimate of drug-likeness (QED) is 0.155. The van der Waals surface area contributed by atoms with Gasteiger partial charge in [0.2, 0.25) is 0 Å². The van der Waals surface area contributed by atoms with Crippen molar-refractivity contribution in [3.63, 3.8) is 0 Å². The fourth-order valence-corrected chi connectivity index (χ4v) is 6.18. The Hall–Kier alpha value is -5.80. The van der Waals surface area contributed by atoms with E-state index >= 15 is 0 Å². The maximum absolute atomic E-state index is 4.63. The Morgan fingerprint density at radius 3 is 1.23 bits per heavy atom. The van der Waals surface area contributed by atoms with Gasteiger partial charge in [-0.05, 0) is 101 Å². The molecule has 5 aromatic carbocycles. The molecule has 3 heteroatoms. The maximum Gasteiger partial charge on any atom is 0.0708 e. The number of nitrogens with zero attached hydrogens (tertiary/aromatic N) is 3. The Morgan fingerprint density at radius 1 is 0.426 bits per heavy atom. The Balaban J connectivity index is 1.26. The van der Waals surface area contributed by atoms with Crippen LogP contribution in [0.5, 0.6) is 0 Å². The number of anilines is 3. The fourth-order valence-electron chi connectivity index (χ4n) is 6.18. The predicted molar refractivity (Wildman–Crippen MR) is 197 cm³/mol. The van der Waals surface area contributed by atoms with Gasteiger partial charge in [0.05, 0.1) is 11.4 Å². The lowest BCUT2D eigenvalue weighted by Crippen LogP contribution is -2.10. The molecule has 0 aliphatic carbocycles. The monoisotopic (exact) mass is 607 g/mol. The van der Waals surface area contributed by atoms with Crippen molar-refractivity contribution in [2.75, 3.05) is 4.90 Å². The van der Waals surface area contributed by atoms with Gasteiger partial charge in [0, 0.05) is 40.6 Å². The minimum atomic E-state index is 0.974. The molecular formula is C44H37N3. The van der Waals surface area contributed by atoms with Gasteiger partial charge < -0.3 is 4.90 Å². The second kappa shape index (κ2) is 14.1. The third kappa shape index (κ3) is 6.61. The van der Waals surface area contributed by atoms with E-state index in [4.69, 9.17) is 0 Å². The van der Waals surface area contributed by atoms with Crippen molar-refractivity contribution < 1.29 is 0 Å². The largest absolute Gasteiger partial charge is 0.311 e. The summed E-state index contributed by atoms with van der Waals surface area (Å²) in [6, 6.07) is 55.9. The minimum absolute atomic E-state index is 0.974. The first kappa shape index (κ1) is 29.9. The van der Waals surface area contributed by atoms with E-state index in [0.717, 1.165) is 57.1 Å². The minimum Gasteiger partial charge on any atom is -0.311 e. The highest BCUT2D eigenvalue weighted by Gasteiger charge is 2.15. The van der Waals surface area contributed by atoms with E-state index in [1.54, 1.807) is 0 Å². The van der Waals surface area contributed by atoms with Gasteiger partial charge in [-0.15, -0.1) is 0 Å². The molecule has 0 aliphatic heterocycles. The van der Waals surface area contributed by atoms with Crippen molar-refractivity contribution in [1.29, 1.82) is 0 Å². The van der Waals surface area contributed by atoms with Crippen LogP contribution in [-0.4, -0.2) is 9.97 Å². The zero-order valence-electron chi connectivity index (χ0n) is 26.6. The molecule has 0 fully saturated rings. The van der Waals surface area contributed by atoms with Crippen LogP contribution >= 0.6 is 0 Å². The number of benzene rings is 5. The van der Waals surface area contributed by atoms with Crippen molar-refractivity contribution in [2.45, 2.75) is 26.2 Å². The third-order valence-electron chi connectivity index (χ3n) is 8.62. The van der Waals surface area contributed by atoms with Crippen LogP contribution in [0.1, 0.15) is 25.3 Å². The van der Waals surface area contributed by atoms with Gasteiger partial charge in [-0.3, -0.25) is 9.97 Å². The average molecular weight is 608 g/mol. The Bertz CT molecular complexity index is 1910. The van der Waals surface area contributed by atoms with Crippen LogP contribution in [0.3, 0.4) is 0 Å². The number of aryl methyl sites for hydroxylation is 1. The molecule has 0 N–H and O–H groups in total. The molecule has 2 heterocycles. The van der Waals surface area contributed by atoms with Crippen LogP contribution in [-0.2, 0) is 6.42 Å². The highest BCUT2D eigenvalue weighted by atomic mass is 15.1. The van der Waals surface area contributed by atoms with Gasteiger partial charge in [0.1, 0.15) is 0 Å². The van der Waals surface area contributed by atoms with E-state index in [1.165, 1.54) is 29.5 Å². The summed E-state index contributed by atoms with van der Waals surface area (Å²) in [5.41, 5.74) is 13.6. The molecule has 0 saturated carbocycles. The first-order chi connectivity index (χ1) is 23.3. The topological polar surface area (TPSA) is 29.0 Å². The summed E-state index contributed by atoms with van der Waals surface area (Å²) in [7, 11) is 0. The van der Waals surface area contributed by atoms with Crippen molar-refractivity contribution in [3.05, 3.63) is 176 Å². The molecule has 2 aromatic heterocycles. The number of pyridine rings is 2. The summed E-state index contributed by atoms with van der Waals surface area (Å²) < 4.78 is 0. The zero-order chi connectivity index (χ0) is 31.8. The summed E-state index contributed by atoms with van der Waals surface area (Å²) in [6.45, 7) is 2.24. The lowest BCUT2D eigenvalue weighted by Gasteiger charge is -2.26. The number of hydrogen-bond donors (Lipinski definition) is 0. The molecule has 7 rings (SSSR count). The van der Waals surface area contributed by atoms with Crippen LogP contribution in [0.2, 0.25) is 0 Å². The lowest BCUT2D eigenvalue weighted by molar-refractivity contribution is 0.795. The fraction of sp³-hybridized carbons (Fsp3) is 0.0909. The molecule has 0 spiro atoms.